The second-order valence-electron chi connectivity index (χ2n) is 4.57. The highest BCUT2D eigenvalue weighted by molar-refractivity contribution is 7.98. The maximum absolute atomic E-state index is 12.1. The zero-order valence-electron chi connectivity index (χ0n) is 10.3. The van der Waals surface area contributed by atoms with E-state index in [9.17, 15) is 4.79 Å². The second-order valence-corrected chi connectivity index (χ2v) is 5.48. The molecule has 0 aromatic rings. The predicted octanol–water partition coefficient (Wildman–Crippen LogP) is 0.608. The number of hydrogen-bond donors (Lipinski definition) is 2. The molecule has 1 heterocycles. The van der Waals surface area contributed by atoms with Gasteiger partial charge in [-0.1, -0.05) is 6.92 Å². The first kappa shape index (κ1) is 13.8. The molecule has 1 fully saturated rings. The Labute approximate surface area is 102 Å². The van der Waals surface area contributed by atoms with Crippen LogP contribution in [0, 0.1) is 5.41 Å². The first-order chi connectivity index (χ1) is 7.54. The molecule has 94 valence electrons. The number of rotatable bonds is 5. The van der Waals surface area contributed by atoms with E-state index >= 15 is 0 Å². The number of carbonyl (C=O) groups is 1. The van der Waals surface area contributed by atoms with Gasteiger partial charge in [-0.25, -0.2) is 0 Å². The maximum atomic E-state index is 12.1. The Hall–Kier alpha value is -0.260. The van der Waals surface area contributed by atoms with Crippen LogP contribution in [-0.2, 0) is 9.53 Å². The molecule has 0 spiro atoms. The Bertz CT molecular complexity index is 250. The van der Waals surface area contributed by atoms with Crippen molar-refractivity contribution in [2.24, 2.45) is 11.1 Å². The van der Waals surface area contributed by atoms with Crippen molar-refractivity contribution < 1.29 is 9.53 Å². The van der Waals surface area contributed by atoms with Crippen LogP contribution in [0.1, 0.15) is 20.3 Å². The monoisotopic (exact) mass is 246 g/mol. The fraction of sp³-hybridized carbons (Fsp3) is 0.909. The van der Waals surface area contributed by atoms with Crippen molar-refractivity contribution in [1.82, 2.24) is 5.32 Å². The van der Waals surface area contributed by atoms with Crippen LogP contribution < -0.4 is 11.1 Å². The summed E-state index contributed by atoms with van der Waals surface area (Å²) in [6, 6.07) is 0.0337. The van der Waals surface area contributed by atoms with Gasteiger partial charge in [-0.05, 0) is 19.6 Å². The van der Waals surface area contributed by atoms with Crippen molar-refractivity contribution in [2.75, 3.05) is 25.2 Å². The van der Waals surface area contributed by atoms with Gasteiger partial charge in [-0.2, -0.15) is 11.8 Å². The minimum absolute atomic E-state index is 0.0263. The number of ether oxygens (including phenoxy) is 1. The molecule has 0 aromatic heterocycles. The third-order valence-corrected chi connectivity index (χ3v) is 3.97. The molecule has 0 radical (unpaired) electrons. The normalized spacial score (nSPS) is 31.4. The molecular formula is C11H22N2O2S. The van der Waals surface area contributed by atoms with Crippen LogP contribution in [0.25, 0.3) is 0 Å². The summed E-state index contributed by atoms with van der Waals surface area (Å²) in [4.78, 5) is 12.1. The lowest BCUT2D eigenvalue weighted by molar-refractivity contribution is -0.131. The average molecular weight is 246 g/mol. The second kappa shape index (κ2) is 5.89. The lowest BCUT2D eigenvalue weighted by atomic mass is 9.84. The van der Waals surface area contributed by atoms with E-state index < -0.39 is 5.41 Å². The van der Waals surface area contributed by atoms with E-state index in [0.29, 0.717) is 13.2 Å². The number of amides is 1. The van der Waals surface area contributed by atoms with Gasteiger partial charge in [-0.15, -0.1) is 0 Å². The van der Waals surface area contributed by atoms with Gasteiger partial charge in [0.25, 0.3) is 0 Å². The molecular weight excluding hydrogens is 224 g/mol. The van der Waals surface area contributed by atoms with E-state index in [1.807, 2.05) is 13.2 Å². The van der Waals surface area contributed by atoms with Gasteiger partial charge in [0.05, 0.1) is 18.6 Å². The van der Waals surface area contributed by atoms with Crippen molar-refractivity contribution >= 4 is 17.7 Å². The van der Waals surface area contributed by atoms with E-state index in [1.165, 1.54) is 0 Å². The van der Waals surface area contributed by atoms with E-state index in [2.05, 4.69) is 12.2 Å². The van der Waals surface area contributed by atoms with Gasteiger partial charge in [0.15, 0.2) is 0 Å². The number of nitrogens with two attached hydrogens (primary N) is 1. The minimum atomic E-state index is -0.564. The Kier molecular flexibility index (Phi) is 5.08. The molecule has 1 saturated heterocycles. The third-order valence-electron chi connectivity index (χ3n) is 3.23. The van der Waals surface area contributed by atoms with E-state index in [1.54, 1.807) is 11.8 Å². The summed E-state index contributed by atoms with van der Waals surface area (Å²) >= 11 is 1.74. The van der Waals surface area contributed by atoms with Gasteiger partial charge < -0.3 is 15.8 Å². The largest absolute Gasteiger partial charge is 0.379 e. The van der Waals surface area contributed by atoms with Gasteiger partial charge in [0.1, 0.15) is 0 Å². The summed E-state index contributed by atoms with van der Waals surface area (Å²) in [5.41, 5.74) is 5.35. The number of hydrogen-bond acceptors (Lipinski definition) is 4. The van der Waals surface area contributed by atoms with Crippen molar-refractivity contribution in [3.05, 3.63) is 0 Å². The molecule has 0 aromatic carbocycles. The highest BCUT2D eigenvalue weighted by Crippen LogP contribution is 2.27. The van der Waals surface area contributed by atoms with Crippen molar-refractivity contribution in [3.8, 4) is 0 Å². The fourth-order valence-corrected chi connectivity index (χ4v) is 2.46. The quantitative estimate of drug-likeness (QED) is 0.746. The molecule has 0 saturated carbocycles. The van der Waals surface area contributed by atoms with Crippen molar-refractivity contribution in [2.45, 2.75) is 32.4 Å². The molecule has 1 rings (SSSR count). The molecule has 3 N–H and O–H groups in total. The maximum Gasteiger partial charge on any atom is 0.230 e. The van der Waals surface area contributed by atoms with Gasteiger partial charge in [0.2, 0.25) is 5.91 Å². The standard InChI is InChI=1S/C11H22N2O2S/c1-4-8(6-16-3)13-10(14)11(2)7-15-5-9(11)12/h8-9H,4-7,12H2,1-3H3,(H,13,14). The first-order valence-corrected chi connectivity index (χ1v) is 7.07. The molecule has 1 aliphatic rings. The molecule has 1 aliphatic heterocycles. The molecule has 0 bridgehead atoms. The smallest absolute Gasteiger partial charge is 0.230 e. The summed E-state index contributed by atoms with van der Waals surface area (Å²) in [6.45, 7) is 4.86. The van der Waals surface area contributed by atoms with Gasteiger partial charge in [-0.3, -0.25) is 4.79 Å². The van der Waals surface area contributed by atoms with Crippen LogP contribution in [0.4, 0.5) is 0 Å². The summed E-state index contributed by atoms with van der Waals surface area (Å²) < 4.78 is 5.28. The Morgan fingerprint density at radius 2 is 2.44 bits per heavy atom. The first-order valence-electron chi connectivity index (χ1n) is 5.67. The van der Waals surface area contributed by atoms with Crippen molar-refractivity contribution in [3.63, 3.8) is 0 Å². The van der Waals surface area contributed by atoms with Crippen molar-refractivity contribution in [1.29, 1.82) is 0 Å². The Morgan fingerprint density at radius 3 is 2.88 bits per heavy atom. The highest BCUT2D eigenvalue weighted by atomic mass is 32.2. The molecule has 3 unspecified atom stereocenters. The molecule has 1 amide bonds. The SMILES string of the molecule is CCC(CSC)NC(=O)C1(C)COCC1N. The zero-order valence-corrected chi connectivity index (χ0v) is 11.1. The molecule has 3 atom stereocenters. The molecule has 4 nitrogen and oxygen atoms in total. The van der Waals surface area contributed by atoms with Crippen LogP contribution >= 0.6 is 11.8 Å². The van der Waals surface area contributed by atoms with E-state index in [4.69, 9.17) is 10.5 Å². The Morgan fingerprint density at radius 1 is 1.75 bits per heavy atom. The van der Waals surface area contributed by atoms with Gasteiger partial charge in [0, 0.05) is 17.8 Å². The summed E-state index contributed by atoms with van der Waals surface area (Å²) in [7, 11) is 0. The summed E-state index contributed by atoms with van der Waals surface area (Å²) in [6.07, 6.45) is 2.99. The van der Waals surface area contributed by atoms with Gasteiger partial charge >= 0.3 is 0 Å². The zero-order chi connectivity index (χ0) is 12.2. The van der Waals surface area contributed by atoms with E-state index in [0.717, 1.165) is 12.2 Å². The van der Waals surface area contributed by atoms with Crippen LogP contribution in [-0.4, -0.2) is 43.2 Å². The molecule has 5 heteroatoms. The predicted molar refractivity (Wildman–Crippen MR) is 67.5 cm³/mol. The molecule has 16 heavy (non-hydrogen) atoms. The van der Waals surface area contributed by atoms with Crippen LogP contribution in [0.3, 0.4) is 0 Å². The van der Waals surface area contributed by atoms with Crippen LogP contribution in [0.5, 0.6) is 0 Å². The number of nitrogens with one attached hydrogen (secondary N) is 1. The summed E-state index contributed by atoms with van der Waals surface area (Å²) in [5, 5.41) is 3.06. The topological polar surface area (TPSA) is 64.3 Å². The average Bonchev–Trinajstić information content (AvgIpc) is 2.60. The number of thioether (sulfide) groups is 1. The number of carbonyl (C=O) groups excluding carboxylic acids is 1. The highest BCUT2D eigenvalue weighted by Gasteiger charge is 2.44. The Balaban J connectivity index is 2.56. The third kappa shape index (κ3) is 2.90. The van der Waals surface area contributed by atoms with E-state index in [-0.39, 0.29) is 18.0 Å². The minimum Gasteiger partial charge on any atom is -0.379 e. The lowest BCUT2D eigenvalue weighted by Crippen LogP contribution is -2.52. The fourth-order valence-electron chi connectivity index (χ4n) is 1.74. The lowest BCUT2D eigenvalue weighted by Gasteiger charge is -2.28. The van der Waals surface area contributed by atoms with Crippen LogP contribution in [0.2, 0.25) is 0 Å². The summed E-state index contributed by atoms with van der Waals surface area (Å²) in [5.74, 6) is 0.965. The van der Waals surface area contributed by atoms with Crippen LogP contribution in [0.15, 0.2) is 0 Å². The molecule has 0 aliphatic carbocycles.